The molecule has 5 nitrogen and oxygen atoms in total. The summed E-state index contributed by atoms with van der Waals surface area (Å²) in [5.74, 6) is -1.99. The summed E-state index contributed by atoms with van der Waals surface area (Å²) in [4.78, 5) is 10.6. The number of carboxylic acid groups (broad SMARTS) is 1. The first-order chi connectivity index (χ1) is 8.35. The number of nitrogens with one attached hydrogen (secondary N) is 1. The van der Waals surface area contributed by atoms with Crippen molar-refractivity contribution < 1.29 is 22.7 Å². The van der Waals surface area contributed by atoms with Crippen LogP contribution in [0.25, 0.3) is 0 Å². The maximum atomic E-state index is 13.4. The zero-order valence-corrected chi connectivity index (χ0v) is 10.6. The van der Waals surface area contributed by atoms with Gasteiger partial charge in [-0.15, -0.1) is 0 Å². The van der Waals surface area contributed by atoms with Crippen molar-refractivity contribution in [1.82, 2.24) is 0 Å². The topological polar surface area (TPSA) is 83.5 Å². The highest BCUT2D eigenvalue weighted by Crippen LogP contribution is 2.15. The molecule has 0 aliphatic rings. The zero-order chi connectivity index (χ0) is 13.8. The van der Waals surface area contributed by atoms with Gasteiger partial charge in [-0.25, -0.2) is 17.6 Å². The van der Waals surface area contributed by atoms with Crippen molar-refractivity contribution in [2.75, 3.05) is 23.4 Å². The van der Waals surface area contributed by atoms with E-state index in [0.29, 0.717) is 0 Å². The Hall–Kier alpha value is -1.63. The summed E-state index contributed by atoms with van der Waals surface area (Å²) >= 11 is 0. The average molecular weight is 275 g/mol. The summed E-state index contributed by atoms with van der Waals surface area (Å²) in [5.41, 5.74) is -0.0643. The lowest BCUT2D eigenvalue weighted by Gasteiger charge is -2.08. The molecule has 0 atom stereocenters. The zero-order valence-electron chi connectivity index (χ0n) is 9.81. The molecule has 2 N–H and O–H groups in total. The van der Waals surface area contributed by atoms with Crippen molar-refractivity contribution in [3.63, 3.8) is 0 Å². The third kappa shape index (κ3) is 3.99. The number of carboxylic acids is 1. The van der Waals surface area contributed by atoms with E-state index < -0.39 is 21.6 Å². The summed E-state index contributed by atoms with van der Waals surface area (Å²) in [6.07, 6.45) is 0. The van der Waals surface area contributed by atoms with Gasteiger partial charge in [0.15, 0.2) is 9.84 Å². The van der Waals surface area contributed by atoms with Crippen LogP contribution in [-0.4, -0.2) is 37.5 Å². The van der Waals surface area contributed by atoms with Crippen LogP contribution >= 0.6 is 0 Å². The third-order valence-corrected chi connectivity index (χ3v) is 4.09. The van der Waals surface area contributed by atoms with Gasteiger partial charge in [-0.1, -0.05) is 6.92 Å². The fourth-order valence-corrected chi connectivity index (χ4v) is 1.98. The number of anilines is 1. The maximum Gasteiger partial charge on any atom is 0.335 e. The highest BCUT2D eigenvalue weighted by atomic mass is 32.2. The van der Waals surface area contributed by atoms with Crippen LogP contribution in [0.1, 0.15) is 17.3 Å². The van der Waals surface area contributed by atoms with Crippen LogP contribution in [-0.2, 0) is 9.84 Å². The first-order valence-electron chi connectivity index (χ1n) is 5.33. The monoisotopic (exact) mass is 275 g/mol. The molecule has 1 aromatic rings. The van der Waals surface area contributed by atoms with Crippen molar-refractivity contribution in [1.29, 1.82) is 0 Å². The van der Waals surface area contributed by atoms with Crippen molar-refractivity contribution in [2.45, 2.75) is 6.92 Å². The van der Waals surface area contributed by atoms with Crippen LogP contribution in [0.2, 0.25) is 0 Å². The summed E-state index contributed by atoms with van der Waals surface area (Å²) < 4.78 is 35.8. The van der Waals surface area contributed by atoms with E-state index in [2.05, 4.69) is 5.32 Å². The number of benzene rings is 1. The summed E-state index contributed by atoms with van der Waals surface area (Å²) in [5, 5.41) is 11.3. The van der Waals surface area contributed by atoms with Crippen LogP contribution in [0.4, 0.5) is 10.1 Å². The second-order valence-corrected chi connectivity index (χ2v) is 6.14. The van der Waals surface area contributed by atoms with Crippen molar-refractivity contribution in [3.05, 3.63) is 29.6 Å². The molecule has 0 fully saturated rings. The van der Waals surface area contributed by atoms with E-state index >= 15 is 0 Å². The van der Waals surface area contributed by atoms with E-state index in [9.17, 15) is 17.6 Å². The van der Waals surface area contributed by atoms with Crippen LogP contribution in [0.3, 0.4) is 0 Å². The molecule has 0 unspecified atom stereocenters. The molecule has 0 saturated carbocycles. The lowest BCUT2D eigenvalue weighted by molar-refractivity contribution is 0.0696. The second kappa shape index (κ2) is 5.81. The van der Waals surface area contributed by atoms with E-state index in [0.717, 1.165) is 6.07 Å². The smallest absolute Gasteiger partial charge is 0.335 e. The fourth-order valence-electron chi connectivity index (χ4n) is 1.28. The van der Waals surface area contributed by atoms with Crippen LogP contribution in [0.5, 0.6) is 0 Å². The van der Waals surface area contributed by atoms with E-state index in [-0.39, 0.29) is 29.3 Å². The van der Waals surface area contributed by atoms with Gasteiger partial charge in [0.25, 0.3) is 0 Å². The molecule has 100 valence electrons. The summed E-state index contributed by atoms with van der Waals surface area (Å²) in [6.45, 7) is 1.62. The van der Waals surface area contributed by atoms with Gasteiger partial charge in [0.1, 0.15) is 5.82 Å². The Bertz CT molecular complexity index is 542. The first-order valence-corrected chi connectivity index (χ1v) is 7.15. The van der Waals surface area contributed by atoms with Crippen LogP contribution in [0, 0.1) is 5.82 Å². The average Bonchev–Trinajstić information content (AvgIpc) is 2.31. The number of aromatic carboxylic acids is 1. The minimum absolute atomic E-state index is 0.0368. The number of sulfone groups is 1. The number of hydrogen-bond donors (Lipinski definition) is 2. The molecule has 1 rings (SSSR count). The van der Waals surface area contributed by atoms with Crippen molar-refractivity contribution >= 4 is 21.5 Å². The molecule has 1 aromatic carbocycles. The van der Waals surface area contributed by atoms with Crippen molar-refractivity contribution in [3.8, 4) is 0 Å². The Morgan fingerprint density at radius 3 is 2.61 bits per heavy atom. The molecule has 0 aromatic heterocycles. The minimum Gasteiger partial charge on any atom is -0.478 e. The number of hydrogen-bond acceptors (Lipinski definition) is 4. The molecule has 18 heavy (non-hydrogen) atoms. The highest BCUT2D eigenvalue weighted by molar-refractivity contribution is 7.91. The van der Waals surface area contributed by atoms with Crippen LogP contribution in [0.15, 0.2) is 18.2 Å². The lowest BCUT2D eigenvalue weighted by Crippen LogP contribution is -2.17. The van der Waals surface area contributed by atoms with Gasteiger partial charge in [-0.2, -0.15) is 0 Å². The Labute approximate surface area is 105 Å². The van der Waals surface area contributed by atoms with Crippen LogP contribution < -0.4 is 5.32 Å². The lowest BCUT2D eigenvalue weighted by atomic mass is 10.2. The van der Waals surface area contributed by atoms with E-state index in [1.54, 1.807) is 0 Å². The molecule has 0 aliphatic heterocycles. The summed E-state index contributed by atoms with van der Waals surface area (Å²) in [7, 11) is -3.10. The Morgan fingerprint density at radius 1 is 1.44 bits per heavy atom. The first kappa shape index (κ1) is 14.4. The molecule has 0 aliphatic carbocycles. The number of carbonyl (C=O) groups is 1. The number of rotatable bonds is 6. The molecule has 0 saturated heterocycles. The van der Waals surface area contributed by atoms with Gasteiger partial charge in [-0.3, -0.25) is 0 Å². The minimum atomic E-state index is -3.10. The highest BCUT2D eigenvalue weighted by Gasteiger charge is 2.10. The standard InChI is InChI=1S/C11H14FNO4S/c1-2-18(16,17)6-5-13-10-4-3-8(11(14)15)7-9(10)12/h3-4,7,13H,2,5-6H2,1H3,(H,14,15). The van der Waals surface area contributed by atoms with E-state index in [4.69, 9.17) is 5.11 Å². The van der Waals surface area contributed by atoms with Gasteiger partial charge < -0.3 is 10.4 Å². The molecular weight excluding hydrogens is 261 g/mol. The predicted molar refractivity (Wildman–Crippen MR) is 66.2 cm³/mol. The quantitative estimate of drug-likeness (QED) is 0.819. The van der Waals surface area contributed by atoms with Gasteiger partial charge in [0.05, 0.1) is 17.0 Å². The molecular formula is C11H14FNO4S. The Kier molecular flexibility index (Phi) is 4.66. The normalized spacial score (nSPS) is 11.2. The Morgan fingerprint density at radius 2 is 2.11 bits per heavy atom. The fraction of sp³-hybridized carbons (Fsp3) is 0.364. The van der Waals surface area contributed by atoms with Gasteiger partial charge in [-0.05, 0) is 18.2 Å². The van der Waals surface area contributed by atoms with Gasteiger partial charge in [0, 0.05) is 12.3 Å². The number of halogens is 1. The largest absolute Gasteiger partial charge is 0.478 e. The maximum absolute atomic E-state index is 13.4. The molecule has 0 amide bonds. The van der Waals surface area contributed by atoms with E-state index in [1.165, 1.54) is 19.1 Å². The van der Waals surface area contributed by atoms with Gasteiger partial charge >= 0.3 is 5.97 Å². The molecule has 0 spiro atoms. The third-order valence-electron chi connectivity index (χ3n) is 2.38. The molecule has 0 heterocycles. The second-order valence-electron chi connectivity index (χ2n) is 3.66. The van der Waals surface area contributed by atoms with Crippen molar-refractivity contribution in [2.24, 2.45) is 0 Å². The molecule has 7 heteroatoms. The predicted octanol–water partition coefficient (Wildman–Crippen LogP) is 1.37. The Balaban J connectivity index is 2.67. The molecule has 0 radical (unpaired) electrons. The molecule has 0 bridgehead atoms. The summed E-state index contributed by atoms with van der Waals surface area (Å²) in [6, 6.07) is 3.42. The SMILES string of the molecule is CCS(=O)(=O)CCNc1ccc(C(=O)O)cc1F. The van der Waals surface area contributed by atoms with E-state index in [1.807, 2.05) is 0 Å². The van der Waals surface area contributed by atoms with Gasteiger partial charge in [0.2, 0.25) is 0 Å².